The minimum atomic E-state index is -0.935. The molecule has 174 valence electrons. The highest BCUT2D eigenvalue weighted by molar-refractivity contribution is 5.85. The van der Waals surface area contributed by atoms with Crippen LogP contribution in [0.25, 0.3) is 0 Å². The van der Waals surface area contributed by atoms with Gasteiger partial charge in [0.2, 0.25) is 0 Å². The third-order valence-electron chi connectivity index (χ3n) is 3.26. The molecule has 0 aliphatic carbocycles. The van der Waals surface area contributed by atoms with Crippen molar-refractivity contribution >= 4 is 11.9 Å². The average Bonchev–Trinajstić information content (AvgIpc) is 3.59. The molecule has 0 aromatic carbocycles. The first-order valence-electron chi connectivity index (χ1n) is 9.55. The maximum atomic E-state index is 9.60. The molecular weight excluding hydrogens is 400 g/mol. The van der Waals surface area contributed by atoms with E-state index >= 15 is 0 Å². The van der Waals surface area contributed by atoms with Crippen LogP contribution in [0.1, 0.15) is 13.8 Å². The van der Waals surface area contributed by atoms with Crippen molar-refractivity contribution in [3.05, 3.63) is 24.3 Å². The van der Waals surface area contributed by atoms with Gasteiger partial charge in [-0.1, -0.05) is 13.2 Å². The number of carboxylic acids is 2. The number of aliphatic carboxylic acids is 2. The minimum absolute atomic E-state index is 0.176. The molecule has 0 aromatic heterocycles. The summed E-state index contributed by atoms with van der Waals surface area (Å²) in [5.41, 5.74) is 0.352. The van der Waals surface area contributed by atoms with Gasteiger partial charge in [0.15, 0.2) is 0 Å². The lowest BCUT2D eigenvalue weighted by molar-refractivity contribution is -0.133. The zero-order valence-corrected chi connectivity index (χ0v) is 17.8. The summed E-state index contributed by atoms with van der Waals surface area (Å²) >= 11 is 0. The van der Waals surface area contributed by atoms with E-state index in [1.807, 2.05) is 0 Å². The van der Waals surface area contributed by atoms with Gasteiger partial charge in [0.25, 0.3) is 0 Å². The number of ether oxygens (including phenoxy) is 6. The summed E-state index contributed by atoms with van der Waals surface area (Å²) < 4.78 is 31.4. The molecule has 2 N–H and O–H groups in total. The van der Waals surface area contributed by atoms with E-state index in [1.165, 1.54) is 13.8 Å². The van der Waals surface area contributed by atoms with E-state index in [1.54, 1.807) is 0 Å². The van der Waals surface area contributed by atoms with Crippen LogP contribution in [0.4, 0.5) is 0 Å². The molecule has 0 radical (unpaired) electrons. The molecule has 2 heterocycles. The first-order chi connectivity index (χ1) is 14.2. The number of rotatable bonds is 15. The zero-order valence-electron chi connectivity index (χ0n) is 17.8. The maximum Gasteiger partial charge on any atom is 0.330 e. The molecule has 30 heavy (non-hydrogen) atoms. The van der Waals surface area contributed by atoms with Gasteiger partial charge in [-0.3, -0.25) is 0 Å². The van der Waals surface area contributed by atoms with Crippen LogP contribution in [0.5, 0.6) is 0 Å². The van der Waals surface area contributed by atoms with Crippen LogP contribution >= 0.6 is 0 Å². The molecule has 0 aromatic rings. The third kappa shape index (κ3) is 22.5. The minimum Gasteiger partial charge on any atom is -0.478 e. The highest BCUT2D eigenvalue weighted by Crippen LogP contribution is 2.08. The van der Waals surface area contributed by atoms with Crippen LogP contribution in [0.15, 0.2) is 24.3 Å². The molecule has 10 heteroatoms. The number of hydrogen-bond donors (Lipinski definition) is 2. The van der Waals surface area contributed by atoms with Crippen molar-refractivity contribution in [2.24, 2.45) is 0 Å². The largest absolute Gasteiger partial charge is 0.478 e. The monoisotopic (exact) mass is 434 g/mol. The highest BCUT2D eigenvalue weighted by atomic mass is 16.6. The smallest absolute Gasteiger partial charge is 0.330 e. The van der Waals surface area contributed by atoms with Gasteiger partial charge in [-0.05, 0) is 13.8 Å². The van der Waals surface area contributed by atoms with Crippen molar-refractivity contribution in [2.45, 2.75) is 26.1 Å². The fraction of sp³-hybridized carbons (Fsp3) is 0.700. The Morgan fingerprint density at radius 3 is 1.17 bits per heavy atom. The second-order valence-electron chi connectivity index (χ2n) is 6.46. The van der Waals surface area contributed by atoms with Crippen LogP contribution in [-0.2, 0) is 38.0 Å². The Labute approximate surface area is 177 Å². The molecule has 0 bridgehead atoms. The summed E-state index contributed by atoms with van der Waals surface area (Å²) in [6.07, 6.45) is 0.656. The number of epoxide rings is 2. The Hall–Kier alpha value is -1.82. The van der Waals surface area contributed by atoms with Gasteiger partial charge in [0.05, 0.1) is 66.1 Å². The Balaban J connectivity index is 0.000000580. The van der Waals surface area contributed by atoms with Crippen LogP contribution in [0, 0.1) is 0 Å². The Kier molecular flexibility index (Phi) is 16.9. The van der Waals surface area contributed by atoms with E-state index in [2.05, 4.69) is 13.2 Å². The fourth-order valence-corrected chi connectivity index (χ4v) is 1.32. The Morgan fingerprint density at radius 2 is 0.967 bits per heavy atom. The highest BCUT2D eigenvalue weighted by Gasteiger charge is 2.22. The topological polar surface area (TPSA) is 137 Å². The molecule has 2 saturated heterocycles. The van der Waals surface area contributed by atoms with Gasteiger partial charge in [0.1, 0.15) is 12.2 Å². The van der Waals surface area contributed by atoms with Gasteiger partial charge >= 0.3 is 11.9 Å². The molecule has 2 fully saturated rings. The molecule has 0 saturated carbocycles. The van der Waals surface area contributed by atoms with E-state index in [0.717, 1.165) is 13.2 Å². The lowest BCUT2D eigenvalue weighted by Gasteiger charge is -2.06. The average molecular weight is 434 g/mol. The van der Waals surface area contributed by atoms with Gasteiger partial charge in [0, 0.05) is 11.1 Å². The van der Waals surface area contributed by atoms with E-state index in [0.29, 0.717) is 65.1 Å². The number of carboxylic acid groups (broad SMARTS) is 2. The van der Waals surface area contributed by atoms with Crippen molar-refractivity contribution in [1.29, 1.82) is 0 Å². The molecule has 2 aliphatic heterocycles. The van der Waals surface area contributed by atoms with Crippen molar-refractivity contribution in [2.75, 3.05) is 66.1 Å². The van der Waals surface area contributed by atoms with Gasteiger partial charge in [-0.15, -0.1) is 0 Å². The SMILES string of the molecule is C(COCCOCC1CO1)OCCOCC1CO1.C=C(C)C(=O)O.C=C(C)C(=O)O. The fourth-order valence-electron chi connectivity index (χ4n) is 1.32. The molecule has 2 unspecified atom stereocenters. The summed E-state index contributed by atoms with van der Waals surface area (Å²) in [5, 5.41) is 15.8. The van der Waals surface area contributed by atoms with Gasteiger partial charge in [-0.2, -0.15) is 0 Å². The standard InChI is InChI=1S/C12H22O6.2C4H6O2/c1(13-3-5-15-7-11-9-17-11)2-14-4-6-16-8-12-10-18-12;2*1-3(2)4(5)6/h11-12H,1-10H2;2*1H2,2H3,(H,5,6). The first-order valence-corrected chi connectivity index (χ1v) is 9.55. The van der Waals surface area contributed by atoms with Gasteiger partial charge < -0.3 is 38.6 Å². The first kappa shape index (κ1) is 28.2. The Morgan fingerprint density at radius 1 is 0.733 bits per heavy atom. The molecule has 2 rings (SSSR count). The molecule has 0 spiro atoms. The summed E-state index contributed by atoms with van der Waals surface area (Å²) in [5.74, 6) is -1.87. The van der Waals surface area contributed by atoms with Crippen LogP contribution in [-0.4, -0.2) is 100 Å². The summed E-state index contributed by atoms with van der Waals surface area (Å²) in [6.45, 7) is 15.9. The predicted molar refractivity (Wildman–Crippen MR) is 108 cm³/mol. The van der Waals surface area contributed by atoms with Crippen LogP contribution in [0.2, 0.25) is 0 Å². The van der Waals surface area contributed by atoms with E-state index in [9.17, 15) is 9.59 Å². The molecule has 2 aliphatic rings. The van der Waals surface area contributed by atoms with Crippen molar-refractivity contribution in [3.8, 4) is 0 Å². The van der Waals surface area contributed by atoms with Crippen molar-refractivity contribution in [3.63, 3.8) is 0 Å². The zero-order chi connectivity index (χ0) is 22.8. The second kappa shape index (κ2) is 18.0. The lowest BCUT2D eigenvalue weighted by atomic mass is 10.4. The number of hydrogen-bond acceptors (Lipinski definition) is 8. The quantitative estimate of drug-likeness (QED) is 0.219. The van der Waals surface area contributed by atoms with Crippen LogP contribution in [0.3, 0.4) is 0 Å². The van der Waals surface area contributed by atoms with Crippen molar-refractivity contribution < 1.29 is 48.2 Å². The molecule has 10 nitrogen and oxygen atoms in total. The van der Waals surface area contributed by atoms with E-state index in [4.69, 9.17) is 38.6 Å². The van der Waals surface area contributed by atoms with E-state index in [-0.39, 0.29) is 11.1 Å². The van der Waals surface area contributed by atoms with E-state index < -0.39 is 11.9 Å². The lowest BCUT2D eigenvalue weighted by Crippen LogP contribution is -2.13. The molecular formula is C20H34O10. The summed E-state index contributed by atoms with van der Waals surface area (Å²) in [6, 6.07) is 0. The predicted octanol–water partition coefficient (Wildman–Crippen LogP) is 1.14. The Bertz CT molecular complexity index is 442. The maximum absolute atomic E-state index is 9.60. The number of carbonyl (C=O) groups is 2. The summed E-state index contributed by atoms with van der Waals surface area (Å²) in [4.78, 5) is 19.2. The van der Waals surface area contributed by atoms with Crippen LogP contribution < -0.4 is 0 Å². The molecule has 0 amide bonds. The van der Waals surface area contributed by atoms with Crippen molar-refractivity contribution in [1.82, 2.24) is 0 Å². The molecule has 2 atom stereocenters. The normalized spacial score (nSPS) is 18.2. The second-order valence-corrected chi connectivity index (χ2v) is 6.46. The van der Waals surface area contributed by atoms with Gasteiger partial charge in [-0.25, -0.2) is 9.59 Å². The summed E-state index contributed by atoms with van der Waals surface area (Å²) in [7, 11) is 0. The third-order valence-corrected chi connectivity index (χ3v) is 3.26.